The fourth-order valence-electron chi connectivity index (χ4n) is 2.24. The zero-order chi connectivity index (χ0) is 18.9. The summed E-state index contributed by atoms with van der Waals surface area (Å²) in [5, 5.41) is 16.6. The van der Waals surface area contributed by atoms with Crippen molar-refractivity contribution >= 4 is 11.7 Å². The Morgan fingerprint density at radius 2 is 2.23 bits per heavy atom. The van der Waals surface area contributed by atoms with Crippen molar-refractivity contribution in [1.82, 2.24) is 25.6 Å². The Hall–Kier alpha value is -3.05. The van der Waals surface area contributed by atoms with Crippen LogP contribution in [0.4, 0.5) is 5.82 Å². The van der Waals surface area contributed by atoms with Crippen LogP contribution in [0.1, 0.15) is 21.9 Å². The molecule has 0 radical (unpaired) electrons. The number of methoxy groups -OCH3 is 1. The quantitative estimate of drug-likeness (QED) is 0.255. The number of nitro groups is 1. The molecule has 0 aliphatic rings. The molecule has 0 fully saturated rings. The third-order valence-corrected chi connectivity index (χ3v) is 3.47. The molecule has 2 rings (SSSR count). The van der Waals surface area contributed by atoms with E-state index < -0.39 is 10.8 Å². The van der Waals surface area contributed by atoms with E-state index in [1.807, 2.05) is 0 Å². The molecule has 26 heavy (non-hydrogen) atoms. The average Bonchev–Trinajstić information content (AvgIpc) is 3.10. The van der Waals surface area contributed by atoms with Crippen LogP contribution < -0.4 is 21.1 Å². The van der Waals surface area contributed by atoms with Crippen molar-refractivity contribution in [3.63, 3.8) is 0 Å². The molecule has 11 heteroatoms. The van der Waals surface area contributed by atoms with Crippen molar-refractivity contribution in [3.8, 4) is 5.75 Å². The summed E-state index contributed by atoms with van der Waals surface area (Å²) in [5.41, 5.74) is 6.55. The summed E-state index contributed by atoms with van der Waals surface area (Å²) < 4.78 is 5.20. The van der Waals surface area contributed by atoms with E-state index in [2.05, 4.69) is 25.6 Å². The van der Waals surface area contributed by atoms with E-state index in [0.29, 0.717) is 31.1 Å². The molecule has 5 N–H and O–H groups in total. The van der Waals surface area contributed by atoms with Gasteiger partial charge in [-0.25, -0.2) is 15.0 Å². The summed E-state index contributed by atoms with van der Waals surface area (Å²) in [6, 6.07) is 3.26. The molecule has 2 aromatic heterocycles. The van der Waals surface area contributed by atoms with E-state index in [0.717, 1.165) is 0 Å². The first-order valence-corrected chi connectivity index (χ1v) is 7.95. The smallest absolute Gasteiger partial charge is 0.343 e. The van der Waals surface area contributed by atoms with Crippen LogP contribution in [0.3, 0.4) is 0 Å². The van der Waals surface area contributed by atoms with Crippen LogP contribution in [0, 0.1) is 10.1 Å². The number of hydrogen-bond acceptors (Lipinski definition) is 8. The number of nitrogens with one attached hydrogen (secondary N) is 3. The van der Waals surface area contributed by atoms with Gasteiger partial charge in [0.15, 0.2) is 6.33 Å². The fraction of sp³-hybridized carbons (Fsp3) is 0.400. The topological polar surface area (TPSA) is 161 Å². The van der Waals surface area contributed by atoms with Crippen LogP contribution >= 0.6 is 0 Å². The van der Waals surface area contributed by atoms with Crippen LogP contribution in [0.5, 0.6) is 5.75 Å². The fourth-order valence-corrected chi connectivity index (χ4v) is 2.24. The van der Waals surface area contributed by atoms with Gasteiger partial charge < -0.3 is 31.2 Å². The monoisotopic (exact) mass is 363 g/mol. The van der Waals surface area contributed by atoms with Gasteiger partial charge >= 0.3 is 5.82 Å². The maximum atomic E-state index is 12.3. The Morgan fingerprint density at radius 3 is 2.92 bits per heavy atom. The lowest BCUT2D eigenvalue weighted by molar-refractivity contribution is -0.390. The van der Waals surface area contributed by atoms with Crippen LogP contribution in [-0.4, -0.2) is 52.5 Å². The Morgan fingerprint density at radius 1 is 1.42 bits per heavy atom. The van der Waals surface area contributed by atoms with Gasteiger partial charge in [-0.3, -0.25) is 4.79 Å². The molecule has 0 bridgehead atoms. The lowest BCUT2D eigenvalue weighted by Crippen LogP contribution is -2.28. The molecule has 0 saturated carbocycles. The number of pyridine rings is 1. The predicted octanol–water partition coefficient (Wildman–Crippen LogP) is -0.258. The zero-order valence-corrected chi connectivity index (χ0v) is 14.3. The Balaban J connectivity index is 1.98. The number of aromatic nitrogens is 3. The summed E-state index contributed by atoms with van der Waals surface area (Å²) in [5.74, 6) is -0.0631. The van der Waals surface area contributed by atoms with Crippen LogP contribution in [0.2, 0.25) is 0 Å². The van der Waals surface area contributed by atoms with Gasteiger partial charge in [0.1, 0.15) is 17.1 Å². The second-order valence-electron chi connectivity index (χ2n) is 5.31. The van der Waals surface area contributed by atoms with Crippen molar-refractivity contribution in [2.45, 2.75) is 13.0 Å². The lowest BCUT2D eigenvalue weighted by atomic mass is 10.2. The number of amides is 1. The van der Waals surface area contributed by atoms with Gasteiger partial charge in [-0.05, 0) is 4.92 Å². The predicted molar refractivity (Wildman–Crippen MR) is 92.8 cm³/mol. The van der Waals surface area contributed by atoms with Crippen molar-refractivity contribution in [3.05, 3.63) is 45.7 Å². The van der Waals surface area contributed by atoms with E-state index >= 15 is 0 Å². The lowest BCUT2D eigenvalue weighted by Gasteiger charge is -2.09. The SMILES string of the molecule is COc1cc(CNCCN)nc(C(=O)NCCc2nc[nH]c2[N+](=O)[O-])c1. The maximum Gasteiger partial charge on any atom is 0.343 e. The van der Waals surface area contributed by atoms with Gasteiger partial charge in [-0.2, -0.15) is 0 Å². The normalized spacial score (nSPS) is 10.5. The third-order valence-electron chi connectivity index (χ3n) is 3.47. The van der Waals surface area contributed by atoms with E-state index in [1.165, 1.54) is 19.5 Å². The number of nitrogens with two attached hydrogens (primary N) is 1. The number of H-pyrrole nitrogens is 1. The molecule has 0 aliphatic heterocycles. The highest BCUT2D eigenvalue weighted by Crippen LogP contribution is 2.15. The number of rotatable bonds is 10. The van der Waals surface area contributed by atoms with Gasteiger partial charge in [0.2, 0.25) is 0 Å². The van der Waals surface area contributed by atoms with E-state index in [-0.39, 0.29) is 30.2 Å². The van der Waals surface area contributed by atoms with Crippen molar-refractivity contribution < 1.29 is 14.5 Å². The molecule has 0 atom stereocenters. The molecule has 2 heterocycles. The first kappa shape index (κ1) is 19.3. The second kappa shape index (κ2) is 9.44. The molecule has 0 spiro atoms. The summed E-state index contributed by atoms with van der Waals surface area (Å²) >= 11 is 0. The highest BCUT2D eigenvalue weighted by atomic mass is 16.6. The maximum absolute atomic E-state index is 12.3. The largest absolute Gasteiger partial charge is 0.497 e. The third kappa shape index (κ3) is 5.22. The molecular weight excluding hydrogens is 342 g/mol. The van der Waals surface area contributed by atoms with Crippen molar-refractivity contribution in [1.29, 1.82) is 0 Å². The first-order chi connectivity index (χ1) is 12.5. The van der Waals surface area contributed by atoms with E-state index in [1.54, 1.807) is 6.07 Å². The number of nitrogens with zero attached hydrogens (tertiary/aromatic N) is 3. The summed E-state index contributed by atoms with van der Waals surface area (Å²) in [7, 11) is 1.50. The highest BCUT2D eigenvalue weighted by molar-refractivity contribution is 5.92. The van der Waals surface area contributed by atoms with E-state index in [4.69, 9.17) is 10.5 Å². The Labute approximate surface area is 149 Å². The van der Waals surface area contributed by atoms with Crippen LogP contribution in [-0.2, 0) is 13.0 Å². The highest BCUT2D eigenvalue weighted by Gasteiger charge is 2.16. The Kier molecular flexibility index (Phi) is 7.00. The van der Waals surface area contributed by atoms with E-state index in [9.17, 15) is 14.9 Å². The van der Waals surface area contributed by atoms with Gasteiger partial charge in [-0.15, -0.1) is 0 Å². The summed E-state index contributed by atoms with van der Waals surface area (Å²) in [6.45, 7) is 1.76. The molecule has 0 saturated heterocycles. The first-order valence-electron chi connectivity index (χ1n) is 7.95. The Bertz CT molecular complexity index is 762. The van der Waals surface area contributed by atoms with Crippen molar-refractivity contribution in [2.24, 2.45) is 5.73 Å². The summed E-state index contributed by atoms with van der Waals surface area (Å²) in [6.07, 6.45) is 1.47. The number of imidazole rings is 1. The summed E-state index contributed by atoms with van der Waals surface area (Å²) in [4.78, 5) is 33.2. The molecule has 2 aromatic rings. The molecule has 0 unspecified atom stereocenters. The molecule has 11 nitrogen and oxygen atoms in total. The van der Waals surface area contributed by atoms with Crippen LogP contribution in [0.15, 0.2) is 18.5 Å². The van der Waals surface area contributed by atoms with Gasteiger partial charge in [0.05, 0.1) is 12.8 Å². The van der Waals surface area contributed by atoms with Crippen LogP contribution in [0.25, 0.3) is 0 Å². The average molecular weight is 363 g/mol. The second-order valence-corrected chi connectivity index (χ2v) is 5.31. The number of ether oxygens (including phenoxy) is 1. The molecule has 140 valence electrons. The number of carbonyl (C=O) groups is 1. The molecule has 0 aromatic carbocycles. The number of aromatic amines is 1. The van der Waals surface area contributed by atoms with Gasteiger partial charge in [0, 0.05) is 44.7 Å². The minimum Gasteiger partial charge on any atom is -0.497 e. The van der Waals surface area contributed by atoms with Gasteiger partial charge in [0.25, 0.3) is 5.91 Å². The number of hydrogen-bond donors (Lipinski definition) is 4. The molecule has 0 aliphatic carbocycles. The van der Waals surface area contributed by atoms with Gasteiger partial charge in [-0.1, -0.05) is 0 Å². The standard InChI is InChI=1S/C15H21N7O4/c1-26-11-6-10(8-17-5-3-16)21-13(7-11)15(23)18-4-2-12-14(22(24)25)20-9-19-12/h6-7,9,17H,2-5,8,16H2,1H3,(H,18,23)(H,19,20). The minimum absolute atomic E-state index is 0.174. The molecular formula is C15H21N7O4. The number of carbonyl (C=O) groups excluding carboxylic acids is 1. The minimum atomic E-state index is -0.547. The molecule has 1 amide bonds. The zero-order valence-electron chi connectivity index (χ0n) is 14.3. The van der Waals surface area contributed by atoms with Crippen molar-refractivity contribution in [2.75, 3.05) is 26.7 Å².